The molecular formula is C18H15F3N2O5. The molecule has 3 N–H and O–H groups in total. The maximum absolute atomic E-state index is 12.9. The summed E-state index contributed by atoms with van der Waals surface area (Å²) in [5.41, 5.74) is 3.74. The second-order valence-electron chi connectivity index (χ2n) is 5.40. The molecule has 7 nitrogen and oxygen atoms in total. The number of para-hydroxylation sites is 2. The van der Waals surface area contributed by atoms with Crippen LogP contribution in [-0.4, -0.2) is 31.0 Å². The Morgan fingerprint density at radius 1 is 0.964 bits per heavy atom. The van der Waals surface area contributed by atoms with Gasteiger partial charge in [-0.05, 0) is 24.3 Å². The zero-order chi connectivity index (χ0) is 20.7. The molecule has 0 aliphatic rings. The fourth-order valence-corrected chi connectivity index (χ4v) is 2.15. The van der Waals surface area contributed by atoms with E-state index in [9.17, 15) is 27.6 Å². The van der Waals surface area contributed by atoms with Crippen molar-refractivity contribution >= 4 is 23.5 Å². The van der Waals surface area contributed by atoms with Crippen molar-refractivity contribution in [3.05, 3.63) is 59.7 Å². The van der Waals surface area contributed by atoms with Gasteiger partial charge < -0.3 is 20.5 Å². The van der Waals surface area contributed by atoms with E-state index in [4.69, 9.17) is 10.5 Å². The van der Waals surface area contributed by atoms with E-state index in [-0.39, 0.29) is 11.3 Å². The van der Waals surface area contributed by atoms with Gasteiger partial charge in [-0.2, -0.15) is 13.2 Å². The predicted octanol–water partition coefficient (Wildman–Crippen LogP) is 2.37. The van der Waals surface area contributed by atoms with Crippen LogP contribution in [0.2, 0.25) is 0 Å². The molecule has 0 aliphatic heterocycles. The van der Waals surface area contributed by atoms with Crippen LogP contribution in [0.5, 0.6) is 5.75 Å². The highest BCUT2D eigenvalue weighted by Gasteiger charge is 2.33. The lowest BCUT2D eigenvalue weighted by Crippen LogP contribution is -2.25. The Morgan fingerprint density at radius 3 is 2.29 bits per heavy atom. The molecule has 28 heavy (non-hydrogen) atoms. The van der Waals surface area contributed by atoms with E-state index in [0.717, 1.165) is 12.1 Å². The van der Waals surface area contributed by atoms with Crippen LogP contribution in [0.3, 0.4) is 0 Å². The molecule has 0 bridgehead atoms. The van der Waals surface area contributed by atoms with Gasteiger partial charge in [-0.3, -0.25) is 9.59 Å². The quantitative estimate of drug-likeness (QED) is 0.699. The molecule has 0 heterocycles. The number of primary amides is 1. The zero-order valence-electron chi connectivity index (χ0n) is 14.3. The maximum Gasteiger partial charge on any atom is 0.418 e. The van der Waals surface area contributed by atoms with Gasteiger partial charge in [-0.25, -0.2) is 4.79 Å². The molecule has 0 saturated heterocycles. The number of carbonyl (C=O) groups excluding carboxylic acids is 3. The number of amides is 2. The first-order valence-electron chi connectivity index (χ1n) is 7.82. The average molecular weight is 396 g/mol. The molecule has 0 saturated carbocycles. The van der Waals surface area contributed by atoms with Crippen molar-refractivity contribution in [1.82, 2.24) is 0 Å². The predicted molar refractivity (Wildman–Crippen MR) is 91.5 cm³/mol. The smallest absolute Gasteiger partial charge is 0.418 e. The lowest BCUT2D eigenvalue weighted by Gasteiger charge is -2.13. The van der Waals surface area contributed by atoms with Gasteiger partial charge in [-0.15, -0.1) is 0 Å². The SMILES string of the molecule is NC(=O)c1ccccc1OCC(=O)OCC(=O)Nc1ccccc1C(F)(F)F. The Labute approximate surface area is 157 Å². The van der Waals surface area contributed by atoms with Gasteiger partial charge in [0.2, 0.25) is 0 Å². The van der Waals surface area contributed by atoms with E-state index in [0.29, 0.717) is 0 Å². The molecule has 0 aromatic heterocycles. The Balaban J connectivity index is 1.87. The second kappa shape index (κ2) is 8.89. The number of nitrogens with one attached hydrogen (secondary N) is 1. The molecule has 0 unspecified atom stereocenters. The van der Waals surface area contributed by atoms with Gasteiger partial charge in [0, 0.05) is 0 Å². The molecule has 2 amide bonds. The average Bonchev–Trinajstić information content (AvgIpc) is 2.64. The number of rotatable bonds is 7. The van der Waals surface area contributed by atoms with Gasteiger partial charge >= 0.3 is 12.1 Å². The number of halogens is 3. The number of carbonyl (C=O) groups is 3. The summed E-state index contributed by atoms with van der Waals surface area (Å²) in [4.78, 5) is 34.7. The highest BCUT2D eigenvalue weighted by molar-refractivity contribution is 5.96. The highest BCUT2D eigenvalue weighted by atomic mass is 19.4. The first-order valence-corrected chi connectivity index (χ1v) is 7.82. The number of anilines is 1. The Kier molecular flexibility index (Phi) is 6.59. The topological polar surface area (TPSA) is 108 Å². The fourth-order valence-electron chi connectivity index (χ4n) is 2.15. The van der Waals surface area contributed by atoms with Crippen LogP contribution in [-0.2, 0) is 20.5 Å². The van der Waals surface area contributed by atoms with Crippen molar-refractivity contribution in [2.24, 2.45) is 5.73 Å². The largest absolute Gasteiger partial charge is 0.481 e. The van der Waals surface area contributed by atoms with Crippen molar-refractivity contribution < 1.29 is 37.0 Å². The van der Waals surface area contributed by atoms with Gasteiger partial charge in [0.05, 0.1) is 16.8 Å². The number of ether oxygens (including phenoxy) is 2. The summed E-state index contributed by atoms with van der Waals surface area (Å²) in [6, 6.07) is 10.3. The minimum Gasteiger partial charge on any atom is -0.481 e. The molecule has 148 valence electrons. The number of nitrogens with two attached hydrogens (primary N) is 1. The van der Waals surface area contributed by atoms with E-state index in [2.05, 4.69) is 4.74 Å². The fraction of sp³-hybridized carbons (Fsp3) is 0.167. The lowest BCUT2D eigenvalue weighted by molar-refractivity contribution is -0.149. The number of hydrogen-bond donors (Lipinski definition) is 2. The molecule has 0 spiro atoms. The van der Waals surface area contributed by atoms with Crippen molar-refractivity contribution in [1.29, 1.82) is 0 Å². The third kappa shape index (κ3) is 5.73. The molecule has 0 aliphatic carbocycles. The van der Waals surface area contributed by atoms with Crippen LogP contribution in [0, 0.1) is 0 Å². The number of esters is 1. The normalized spacial score (nSPS) is 10.8. The van der Waals surface area contributed by atoms with Crippen LogP contribution in [0.15, 0.2) is 48.5 Å². The molecule has 10 heteroatoms. The molecular weight excluding hydrogens is 381 g/mol. The number of hydrogen-bond acceptors (Lipinski definition) is 5. The third-order valence-corrected chi connectivity index (χ3v) is 3.37. The van der Waals surface area contributed by atoms with E-state index >= 15 is 0 Å². The monoisotopic (exact) mass is 396 g/mol. The first-order chi connectivity index (χ1) is 13.2. The van der Waals surface area contributed by atoms with E-state index < -0.39 is 48.4 Å². The molecule has 0 atom stereocenters. The first kappa shape index (κ1) is 20.7. The summed E-state index contributed by atoms with van der Waals surface area (Å²) in [5, 5.41) is 2.03. The van der Waals surface area contributed by atoms with Crippen molar-refractivity contribution in [2.45, 2.75) is 6.18 Å². The van der Waals surface area contributed by atoms with E-state index in [1.54, 1.807) is 12.1 Å². The zero-order valence-corrected chi connectivity index (χ0v) is 14.3. The van der Waals surface area contributed by atoms with Gasteiger partial charge in [0.15, 0.2) is 13.2 Å². The minimum atomic E-state index is -4.65. The molecule has 0 radical (unpaired) electrons. The van der Waals surface area contributed by atoms with Gasteiger partial charge in [0.25, 0.3) is 11.8 Å². The van der Waals surface area contributed by atoms with Crippen molar-refractivity contribution in [3.8, 4) is 5.75 Å². The van der Waals surface area contributed by atoms with E-state index in [1.165, 1.54) is 24.3 Å². The standard InChI is InChI=1S/C18H15F3N2O5/c19-18(20,21)12-6-2-3-7-13(12)23-15(24)9-28-16(25)10-27-14-8-4-1-5-11(14)17(22)26/h1-8H,9-10H2,(H2,22,26)(H,23,24). The van der Waals surface area contributed by atoms with Gasteiger partial charge in [-0.1, -0.05) is 24.3 Å². The molecule has 2 aromatic carbocycles. The molecule has 2 rings (SSSR count). The summed E-state index contributed by atoms with van der Waals surface area (Å²) in [6.45, 7) is -1.44. The molecule has 0 fully saturated rings. The van der Waals surface area contributed by atoms with Crippen LogP contribution >= 0.6 is 0 Å². The van der Waals surface area contributed by atoms with Crippen molar-refractivity contribution in [3.63, 3.8) is 0 Å². The minimum absolute atomic E-state index is 0.0514. The summed E-state index contributed by atoms with van der Waals surface area (Å²) in [6.07, 6.45) is -4.65. The summed E-state index contributed by atoms with van der Waals surface area (Å²) < 4.78 is 48.4. The summed E-state index contributed by atoms with van der Waals surface area (Å²) >= 11 is 0. The van der Waals surface area contributed by atoms with E-state index in [1.807, 2.05) is 5.32 Å². The summed E-state index contributed by atoms with van der Waals surface area (Å²) in [7, 11) is 0. The molecule has 2 aromatic rings. The Morgan fingerprint density at radius 2 is 1.61 bits per heavy atom. The third-order valence-electron chi connectivity index (χ3n) is 3.37. The Hall–Kier alpha value is -3.56. The second-order valence-corrected chi connectivity index (χ2v) is 5.40. The summed E-state index contributed by atoms with van der Waals surface area (Å²) in [5.74, 6) is -2.62. The van der Waals surface area contributed by atoms with Crippen LogP contribution < -0.4 is 15.8 Å². The van der Waals surface area contributed by atoms with Crippen molar-refractivity contribution in [2.75, 3.05) is 18.5 Å². The van der Waals surface area contributed by atoms with Crippen LogP contribution in [0.4, 0.5) is 18.9 Å². The van der Waals surface area contributed by atoms with Crippen LogP contribution in [0.25, 0.3) is 0 Å². The Bertz CT molecular complexity index is 884. The lowest BCUT2D eigenvalue weighted by atomic mass is 10.1. The maximum atomic E-state index is 12.9. The highest BCUT2D eigenvalue weighted by Crippen LogP contribution is 2.34. The van der Waals surface area contributed by atoms with Crippen LogP contribution in [0.1, 0.15) is 15.9 Å². The number of benzene rings is 2. The van der Waals surface area contributed by atoms with Gasteiger partial charge in [0.1, 0.15) is 5.75 Å². The number of alkyl halides is 3.